The highest BCUT2D eigenvalue weighted by Crippen LogP contribution is 2.19. The molecule has 0 heterocycles. The van der Waals surface area contributed by atoms with Gasteiger partial charge in [-0.25, -0.2) is 9.59 Å². The Hall–Kier alpha value is -1.34. The van der Waals surface area contributed by atoms with E-state index >= 15 is 0 Å². The van der Waals surface area contributed by atoms with E-state index in [1.54, 1.807) is 0 Å². The molecule has 0 aromatic carbocycles. The summed E-state index contributed by atoms with van der Waals surface area (Å²) in [6.45, 7) is 1.02. The van der Waals surface area contributed by atoms with Gasteiger partial charge in [-0.15, -0.1) is 0 Å². The number of nitrogens with one attached hydrogen (secondary N) is 2. The van der Waals surface area contributed by atoms with Gasteiger partial charge in [-0.1, -0.05) is 19.3 Å². The fourth-order valence-corrected chi connectivity index (χ4v) is 2.13. The molecule has 1 atom stereocenters. The number of aliphatic hydroxyl groups excluding tert-OH is 1. The number of ether oxygens (including phenoxy) is 1. The van der Waals surface area contributed by atoms with Crippen LogP contribution in [0.4, 0.5) is 4.79 Å². The summed E-state index contributed by atoms with van der Waals surface area (Å²) in [5.74, 6) is -1.28. The Morgan fingerprint density at radius 3 is 2.45 bits per heavy atom. The number of carboxylic acids is 1. The van der Waals surface area contributed by atoms with Crippen molar-refractivity contribution in [1.82, 2.24) is 10.6 Å². The van der Waals surface area contributed by atoms with Crippen molar-refractivity contribution in [3.8, 4) is 0 Å². The standard InChI is InChI=1S/C13H24N2O5/c16-11(12(17)18)6-7-14-13(19)15-8-9-20-10-4-2-1-3-5-10/h10-11,16H,1-9H2,(H,17,18)(H2,14,15,19). The molecular formula is C13H24N2O5. The summed E-state index contributed by atoms with van der Waals surface area (Å²) in [5.41, 5.74) is 0. The van der Waals surface area contributed by atoms with Crippen LogP contribution in [0.2, 0.25) is 0 Å². The first-order valence-electron chi connectivity index (χ1n) is 7.13. The Bertz CT molecular complexity index is 305. The third-order valence-electron chi connectivity index (χ3n) is 3.28. The molecule has 1 fully saturated rings. The van der Waals surface area contributed by atoms with E-state index in [0.29, 0.717) is 19.3 Å². The Morgan fingerprint density at radius 2 is 1.80 bits per heavy atom. The van der Waals surface area contributed by atoms with Crippen molar-refractivity contribution in [2.45, 2.75) is 50.7 Å². The predicted octanol–water partition coefficient (Wildman–Crippen LogP) is 0.470. The molecule has 0 aromatic rings. The van der Waals surface area contributed by atoms with Crippen LogP contribution >= 0.6 is 0 Å². The maximum absolute atomic E-state index is 11.3. The van der Waals surface area contributed by atoms with E-state index in [9.17, 15) is 9.59 Å². The van der Waals surface area contributed by atoms with Crippen LogP contribution in [-0.4, -0.2) is 54.1 Å². The van der Waals surface area contributed by atoms with Crippen molar-refractivity contribution in [3.05, 3.63) is 0 Å². The van der Waals surface area contributed by atoms with E-state index in [4.69, 9.17) is 14.9 Å². The lowest BCUT2D eigenvalue weighted by molar-refractivity contribution is -0.146. The summed E-state index contributed by atoms with van der Waals surface area (Å²) in [5, 5.41) is 22.6. The van der Waals surface area contributed by atoms with E-state index in [1.165, 1.54) is 19.3 Å². The molecule has 1 unspecified atom stereocenters. The van der Waals surface area contributed by atoms with Crippen molar-refractivity contribution >= 4 is 12.0 Å². The van der Waals surface area contributed by atoms with Gasteiger partial charge in [0.25, 0.3) is 0 Å². The molecule has 1 aliphatic carbocycles. The van der Waals surface area contributed by atoms with Crippen LogP contribution < -0.4 is 10.6 Å². The van der Waals surface area contributed by atoms with Gasteiger partial charge in [0.2, 0.25) is 0 Å². The SMILES string of the molecule is O=C(NCCOC1CCCCC1)NCCC(O)C(=O)O. The summed E-state index contributed by atoms with van der Waals surface area (Å²) >= 11 is 0. The zero-order valence-corrected chi connectivity index (χ0v) is 11.6. The van der Waals surface area contributed by atoms with Crippen LogP contribution in [0, 0.1) is 0 Å². The molecule has 0 spiro atoms. The number of carboxylic acid groups (broad SMARTS) is 1. The van der Waals surface area contributed by atoms with Crippen LogP contribution in [0.3, 0.4) is 0 Å². The van der Waals surface area contributed by atoms with Crippen molar-refractivity contribution < 1.29 is 24.5 Å². The Balaban J connectivity index is 1.95. The largest absolute Gasteiger partial charge is 0.479 e. The number of amides is 2. The molecule has 1 aliphatic rings. The van der Waals surface area contributed by atoms with Gasteiger partial charge >= 0.3 is 12.0 Å². The van der Waals surface area contributed by atoms with Crippen molar-refractivity contribution in [2.75, 3.05) is 19.7 Å². The second kappa shape index (κ2) is 9.55. The number of hydrogen-bond acceptors (Lipinski definition) is 4. The van der Waals surface area contributed by atoms with Gasteiger partial charge in [-0.05, 0) is 12.8 Å². The minimum atomic E-state index is -1.44. The molecule has 7 nitrogen and oxygen atoms in total. The molecule has 116 valence electrons. The highest BCUT2D eigenvalue weighted by atomic mass is 16.5. The number of carbonyl (C=O) groups excluding carboxylic acids is 1. The van der Waals surface area contributed by atoms with Gasteiger partial charge < -0.3 is 25.6 Å². The fraction of sp³-hybridized carbons (Fsp3) is 0.846. The molecule has 1 rings (SSSR count). The van der Waals surface area contributed by atoms with Crippen LogP contribution in [0.15, 0.2) is 0 Å². The van der Waals surface area contributed by atoms with Crippen LogP contribution in [0.5, 0.6) is 0 Å². The van der Waals surface area contributed by atoms with Gasteiger partial charge in [-0.2, -0.15) is 0 Å². The van der Waals surface area contributed by atoms with Gasteiger partial charge in [0, 0.05) is 19.5 Å². The molecular weight excluding hydrogens is 264 g/mol. The third kappa shape index (κ3) is 7.30. The molecule has 20 heavy (non-hydrogen) atoms. The summed E-state index contributed by atoms with van der Waals surface area (Å²) in [6.07, 6.45) is 4.77. The number of hydrogen-bond donors (Lipinski definition) is 4. The molecule has 1 saturated carbocycles. The van der Waals surface area contributed by atoms with Gasteiger partial charge in [0.15, 0.2) is 6.10 Å². The minimum Gasteiger partial charge on any atom is -0.479 e. The topological polar surface area (TPSA) is 108 Å². The van der Waals surface area contributed by atoms with Crippen LogP contribution in [-0.2, 0) is 9.53 Å². The number of urea groups is 1. The van der Waals surface area contributed by atoms with Crippen LogP contribution in [0.1, 0.15) is 38.5 Å². The third-order valence-corrected chi connectivity index (χ3v) is 3.28. The van der Waals surface area contributed by atoms with E-state index in [1.807, 2.05) is 0 Å². The van der Waals surface area contributed by atoms with Gasteiger partial charge in [-0.3, -0.25) is 0 Å². The maximum Gasteiger partial charge on any atom is 0.332 e. The number of aliphatic carboxylic acids is 1. The van der Waals surface area contributed by atoms with Gasteiger partial charge in [0.1, 0.15) is 0 Å². The molecule has 4 N–H and O–H groups in total. The first kappa shape index (κ1) is 16.7. The molecule has 0 aliphatic heterocycles. The monoisotopic (exact) mass is 288 g/mol. The molecule has 0 aromatic heterocycles. The van der Waals surface area contributed by atoms with E-state index < -0.39 is 12.1 Å². The van der Waals surface area contributed by atoms with Crippen molar-refractivity contribution in [3.63, 3.8) is 0 Å². The van der Waals surface area contributed by atoms with Crippen molar-refractivity contribution in [2.24, 2.45) is 0 Å². The lowest BCUT2D eigenvalue weighted by Crippen LogP contribution is -2.39. The van der Waals surface area contributed by atoms with E-state index in [2.05, 4.69) is 10.6 Å². The average Bonchev–Trinajstić information content (AvgIpc) is 2.44. The maximum atomic E-state index is 11.3. The first-order valence-corrected chi connectivity index (χ1v) is 7.13. The second-order valence-electron chi connectivity index (χ2n) is 4.96. The average molecular weight is 288 g/mol. The van der Waals surface area contributed by atoms with E-state index in [-0.39, 0.29) is 19.0 Å². The molecule has 0 bridgehead atoms. The summed E-state index contributed by atoms with van der Waals surface area (Å²) < 4.78 is 5.65. The fourth-order valence-electron chi connectivity index (χ4n) is 2.13. The summed E-state index contributed by atoms with van der Waals surface area (Å²) in [7, 11) is 0. The Labute approximate surface area is 118 Å². The first-order chi connectivity index (χ1) is 9.59. The number of carbonyl (C=O) groups is 2. The second-order valence-corrected chi connectivity index (χ2v) is 4.96. The highest BCUT2D eigenvalue weighted by Gasteiger charge is 2.14. The lowest BCUT2D eigenvalue weighted by Gasteiger charge is -2.22. The lowest BCUT2D eigenvalue weighted by atomic mass is 9.98. The summed E-state index contributed by atoms with van der Waals surface area (Å²) in [4.78, 5) is 21.7. The number of aliphatic hydroxyl groups is 1. The molecule has 7 heteroatoms. The Morgan fingerprint density at radius 1 is 1.15 bits per heavy atom. The quantitative estimate of drug-likeness (QED) is 0.486. The minimum absolute atomic E-state index is 0.0126. The highest BCUT2D eigenvalue weighted by molar-refractivity contribution is 5.74. The molecule has 2 amide bonds. The number of rotatable bonds is 8. The zero-order chi connectivity index (χ0) is 14.8. The zero-order valence-electron chi connectivity index (χ0n) is 11.6. The summed E-state index contributed by atoms with van der Waals surface area (Å²) in [6, 6.07) is -0.380. The normalized spacial score (nSPS) is 17.4. The van der Waals surface area contributed by atoms with E-state index in [0.717, 1.165) is 12.8 Å². The predicted molar refractivity (Wildman–Crippen MR) is 72.5 cm³/mol. The van der Waals surface area contributed by atoms with Crippen molar-refractivity contribution in [1.29, 1.82) is 0 Å². The molecule has 0 saturated heterocycles. The van der Waals surface area contributed by atoms with Crippen LogP contribution in [0.25, 0.3) is 0 Å². The smallest absolute Gasteiger partial charge is 0.332 e. The Kier molecular flexibility index (Phi) is 7.98. The molecule has 0 radical (unpaired) electrons. The van der Waals surface area contributed by atoms with Gasteiger partial charge in [0.05, 0.1) is 12.7 Å².